The molecule has 0 bridgehead atoms. The number of carbonyl (C=O) groups excluding carboxylic acids is 2. The molecule has 2 rings (SSSR count). The van der Waals surface area contributed by atoms with Crippen LogP contribution in [0.2, 0.25) is 5.02 Å². The molecule has 0 heterocycles. The summed E-state index contributed by atoms with van der Waals surface area (Å²) < 4.78 is 23.9. The van der Waals surface area contributed by atoms with E-state index in [4.69, 9.17) is 21.1 Å². The molecule has 0 spiro atoms. The molecule has 0 aliphatic heterocycles. The maximum Gasteiger partial charge on any atom is 0.262 e. The first-order valence-corrected chi connectivity index (χ1v) is 7.51. The lowest BCUT2D eigenvalue weighted by Crippen LogP contribution is -2.20. The van der Waals surface area contributed by atoms with Gasteiger partial charge >= 0.3 is 0 Å². The smallest absolute Gasteiger partial charge is 0.262 e. The Morgan fingerprint density at radius 2 is 2.00 bits per heavy atom. The number of hydrogen-bond donors (Lipinski definition) is 1. The molecule has 0 saturated carbocycles. The number of hydrogen-bond acceptors (Lipinski definition) is 4. The monoisotopic (exact) mass is 351 g/mol. The average Bonchev–Trinajstić information content (AvgIpc) is 2.57. The number of benzene rings is 2. The van der Waals surface area contributed by atoms with E-state index in [0.717, 1.165) is 6.07 Å². The Morgan fingerprint density at radius 1 is 1.21 bits per heavy atom. The molecular formula is C17H15ClFNO4. The van der Waals surface area contributed by atoms with Gasteiger partial charge in [0.05, 0.1) is 11.6 Å². The number of anilines is 1. The number of ether oxygens (including phenoxy) is 2. The van der Waals surface area contributed by atoms with Crippen LogP contribution in [-0.2, 0) is 4.79 Å². The van der Waals surface area contributed by atoms with Gasteiger partial charge in [0.1, 0.15) is 12.1 Å². The van der Waals surface area contributed by atoms with E-state index in [9.17, 15) is 14.0 Å². The third-order valence-electron chi connectivity index (χ3n) is 2.97. The van der Waals surface area contributed by atoms with Crippen molar-refractivity contribution in [3.63, 3.8) is 0 Å². The zero-order valence-electron chi connectivity index (χ0n) is 12.8. The Morgan fingerprint density at radius 3 is 2.67 bits per heavy atom. The van der Waals surface area contributed by atoms with Gasteiger partial charge in [0.25, 0.3) is 5.91 Å². The minimum Gasteiger partial charge on any atom is -0.490 e. The zero-order valence-corrected chi connectivity index (χ0v) is 13.6. The van der Waals surface area contributed by atoms with Crippen molar-refractivity contribution in [2.45, 2.75) is 6.92 Å². The molecule has 0 aliphatic carbocycles. The van der Waals surface area contributed by atoms with Gasteiger partial charge in [0.2, 0.25) is 0 Å². The van der Waals surface area contributed by atoms with E-state index in [1.807, 2.05) is 0 Å². The molecule has 0 fully saturated rings. The van der Waals surface area contributed by atoms with Crippen LogP contribution in [0.3, 0.4) is 0 Å². The van der Waals surface area contributed by atoms with Crippen LogP contribution in [-0.4, -0.2) is 25.4 Å². The highest BCUT2D eigenvalue weighted by Gasteiger charge is 2.10. The van der Waals surface area contributed by atoms with E-state index in [1.54, 1.807) is 19.1 Å². The fourth-order valence-electron chi connectivity index (χ4n) is 1.90. The molecule has 0 unspecified atom stereocenters. The second-order valence-electron chi connectivity index (χ2n) is 4.72. The van der Waals surface area contributed by atoms with Crippen molar-refractivity contribution in [2.24, 2.45) is 0 Å². The first-order valence-electron chi connectivity index (χ1n) is 7.13. The quantitative estimate of drug-likeness (QED) is 0.772. The highest BCUT2D eigenvalue weighted by molar-refractivity contribution is 6.31. The van der Waals surface area contributed by atoms with Gasteiger partial charge in [-0.25, -0.2) is 4.39 Å². The number of amides is 1. The second-order valence-corrected chi connectivity index (χ2v) is 5.13. The number of carbonyl (C=O) groups is 2. The van der Waals surface area contributed by atoms with E-state index in [0.29, 0.717) is 35.6 Å². The highest BCUT2D eigenvalue weighted by Crippen LogP contribution is 2.28. The summed E-state index contributed by atoms with van der Waals surface area (Å²) in [6.45, 7) is 1.90. The summed E-state index contributed by atoms with van der Waals surface area (Å²) in [5, 5.41) is 2.46. The van der Waals surface area contributed by atoms with Gasteiger partial charge in [-0.3, -0.25) is 9.59 Å². The minimum absolute atomic E-state index is 0.0863. The van der Waals surface area contributed by atoms with E-state index < -0.39 is 11.7 Å². The van der Waals surface area contributed by atoms with Crippen molar-refractivity contribution >= 4 is 29.5 Å². The Labute approximate surface area is 143 Å². The molecule has 1 amide bonds. The molecule has 24 heavy (non-hydrogen) atoms. The maximum atomic E-state index is 13.1. The standard InChI is InChI=1S/C17H15ClFNO4/c1-2-23-16-7-11(9-21)3-6-15(16)24-10-17(22)20-12-4-5-14(19)13(18)8-12/h3-9H,2,10H2,1H3,(H,20,22). The van der Waals surface area contributed by atoms with Crippen LogP contribution in [0.5, 0.6) is 11.5 Å². The normalized spacial score (nSPS) is 10.1. The molecule has 0 aliphatic rings. The van der Waals surface area contributed by atoms with Gasteiger partial charge in [0.15, 0.2) is 18.1 Å². The second kappa shape index (κ2) is 8.31. The van der Waals surface area contributed by atoms with E-state index in [1.165, 1.54) is 18.2 Å². The van der Waals surface area contributed by atoms with Gasteiger partial charge in [-0.05, 0) is 43.3 Å². The summed E-state index contributed by atoms with van der Waals surface area (Å²) in [6, 6.07) is 8.50. The fourth-order valence-corrected chi connectivity index (χ4v) is 2.08. The predicted molar refractivity (Wildman–Crippen MR) is 88.5 cm³/mol. The van der Waals surface area contributed by atoms with Crippen LogP contribution in [0, 0.1) is 5.82 Å². The van der Waals surface area contributed by atoms with Gasteiger partial charge in [-0.2, -0.15) is 0 Å². The Balaban J connectivity index is 2.00. The molecule has 7 heteroatoms. The summed E-state index contributed by atoms with van der Waals surface area (Å²) in [5.41, 5.74) is 0.799. The lowest BCUT2D eigenvalue weighted by molar-refractivity contribution is -0.118. The maximum absolute atomic E-state index is 13.1. The summed E-state index contributed by atoms with van der Waals surface area (Å²) in [4.78, 5) is 22.7. The van der Waals surface area contributed by atoms with Crippen molar-refractivity contribution in [3.05, 3.63) is 52.8 Å². The average molecular weight is 352 g/mol. The first-order chi connectivity index (χ1) is 11.5. The fraction of sp³-hybridized carbons (Fsp3) is 0.176. The SMILES string of the molecule is CCOc1cc(C=O)ccc1OCC(=O)Nc1ccc(F)c(Cl)c1. The number of rotatable bonds is 7. The molecule has 1 N–H and O–H groups in total. The lowest BCUT2D eigenvalue weighted by atomic mass is 10.2. The summed E-state index contributed by atoms with van der Waals surface area (Å²) >= 11 is 5.65. The van der Waals surface area contributed by atoms with E-state index in [2.05, 4.69) is 5.32 Å². The Kier molecular flexibility index (Phi) is 6.14. The highest BCUT2D eigenvalue weighted by atomic mass is 35.5. The largest absolute Gasteiger partial charge is 0.490 e. The third kappa shape index (κ3) is 4.70. The predicted octanol–water partition coefficient (Wildman–Crippen LogP) is 3.71. The molecule has 126 valence electrons. The van der Waals surface area contributed by atoms with E-state index in [-0.39, 0.29) is 11.6 Å². The van der Waals surface area contributed by atoms with Gasteiger partial charge in [-0.1, -0.05) is 11.6 Å². The Hall–Kier alpha value is -2.60. The summed E-state index contributed by atoms with van der Waals surface area (Å²) in [6.07, 6.45) is 0.692. The molecule has 0 aromatic heterocycles. The zero-order chi connectivity index (χ0) is 17.5. The molecular weight excluding hydrogens is 337 g/mol. The van der Waals surface area contributed by atoms with Crippen LogP contribution >= 0.6 is 11.6 Å². The third-order valence-corrected chi connectivity index (χ3v) is 3.26. The van der Waals surface area contributed by atoms with Crippen LogP contribution in [0.1, 0.15) is 17.3 Å². The first kappa shape index (κ1) is 17.7. The van der Waals surface area contributed by atoms with Gasteiger partial charge < -0.3 is 14.8 Å². The molecule has 0 atom stereocenters. The van der Waals surface area contributed by atoms with Crippen LogP contribution < -0.4 is 14.8 Å². The molecule has 2 aromatic rings. The number of aldehydes is 1. The van der Waals surface area contributed by atoms with E-state index >= 15 is 0 Å². The Bertz CT molecular complexity index is 751. The van der Waals surface area contributed by atoms with Crippen LogP contribution in [0.15, 0.2) is 36.4 Å². The topological polar surface area (TPSA) is 64.6 Å². The van der Waals surface area contributed by atoms with Crippen LogP contribution in [0.25, 0.3) is 0 Å². The molecule has 0 saturated heterocycles. The minimum atomic E-state index is -0.567. The van der Waals surface area contributed by atoms with Gasteiger partial charge in [-0.15, -0.1) is 0 Å². The van der Waals surface area contributed by atoms with Crippen LogP contribution in [0.4, 0.5) is 10.1 Å². The summed E-state index contributed by atoms with van der Waals surface area (Å²) in [5.74, 6) is -0.295. The van der Waals surface area contributed by atoms with Crippen molar-refractivity contribution in [3.8, 4) is 11.5 Å². The lowest BCUT2D eigenvalue weighted by Gasteiger charge is -2.12. The summed E-state index contributed by atoms with van der Waals surface area (Å²) in [7, 11) is 0. The van der Waals surface area contributed by atoms with Crippen molar-refractivity contribution in [1.82, 2.24) is 0 Å². The van der Waals surface area contributed by atoms with Crippen molar-refractivity contribution in [1.29, 1.82) is 0 Å². The number of halogens is 2. The van der Waals surface area contributed by atoms with Gasteiger partial charge in [0, 0.05) is 11.3 Å². The van der Waals surface area contributed by atoms with Crippen molar-refractivity contribution < 1.29 is 23.5 Å². The van der Waals surface area contributed by atoms with Crippen molar-refractivity contribution in [2.75, 3.05) is 18.5 Å². The molecule has 0 radical (unpaired) electrons. The molecule has 2 aromatic carbocycles. The molecule has 5 nitrogen and oxygen atoms in total. The number of nitrogens with one attached hydrogen (secondary N) is 1.